The Balaban J connectivity index is 1.29. The summed E-state index contributed by atoms with van der Waals surface area (Å²) in [5.41, 5.74) is -1.69. The molecular weight excluding hydrogens is 637 g/mol. The highest BCUT2D eigenvalue weighted by atomic mass is 35.5. The van der Waals surface area contributed by atoms with Gasteiger partial charge in [0, 0.05) is 10.8 Å². The highest BCUT2D eigenvalue weighted by Crippen LogP contribution is 2.64. The molecule has 3 unspecified atom stereocenters. The number of amides is 1. The Morgan fingerprint density at radius 2 is 1.69 bits per heavy atom. The van der Waals surface area contributed by atoms with E-state index in [-0.39, 0.29) is 36.4 Å². The molecule has 4 aliphatic carbocycles. The third kappa shape index (κ3) is 6.46. The topological polar surface area (TPSA) is 84.9 Å². The van der Waals surface area contributed by atoms with Crippen molar-refractivity contribution in [3.63, 3.8) is 0 Å². The van der Waals surface area contributed by atoms with Crippen molar-refractivity contribution in [2.45, 2.75) is 67.8 Å². The predicted molar refractivity (Wildman–Crippen MR) is 160 cm³/mol. The smallest absolute Gasteiger partial charge is 0.416 e. The van der Waals surface area contributed by atoms with Gasteiger partial charge in [0.15, 0.2) is 0 Å². The van der Waals surface area contributed by atoms with Crippen LogP contribution in [-0.4, -0.2) is 40.1 Å². The summed E-state index contributed by atoms with van der Waals surface area (Å²) in [7, 11) is 0. The fourth-order valence-electron chi connectivity index (χ4n) is 8.23. The van der Waals surface area contributed by atoms with E-state index in [0.29, 0.717) is 35.6 Å². The third-order valence-corrected chi connectivity index (χ3v) is 9.80. The number of carboxylic acid groups (broad SMARTS) is 1. The van der Waals surface area contributed by atoms with E-state index in [1.54, 1.807) is 0 Å². The Morgan fingerprint density at radius 3 is 2.31 bits per heavy atom. The van der Waals surface area contributed by atoms with Gasteiger partial charge in [0.1, 0.15) is 29.1 Å². The number of fused-ring (bicyclic) bond motifs is 1. The van der Waals surface area contributed by atoms with Crippen molar-refractivity contribution in [2.75, 3.05) is 6.61 Å². The first-order chi connectivity index (χ1) is 21.3. The van der Waals surface area contributed by atoms with Crippen LogP contribution in [0.4, 0.5) is 17.6 Å². The maximum Gasteiger partial charge on any atom is 0.416 e. The SMILES string of the molecule is O=C(NC(C(=O)O)C12C[C@@H]3C[C@@H](CC(OCC(Cl)Cl)(C3)C1)C2)c1ccc2cc(F)ccc2c1OCc1ccc(C(F)(F)F)cc1. The Labute approximate surface area is 267 Å². The molecular formula is C33H31Cl2F4NO5. The number of nitrogens with one attached hydrogen (secondary N) is 1. The van der Waals surface area contributed by atoms with E-state index in [4.69, 9.17) is 32.7 Å². The highest BCUT2D eigenvalue weighted by molar-refractivity contribution is 6.44. The summed E-state index contributed by atoms with van der Waals surface area (Å²) < 4.78 is 65.5. The maximum absolute atomic E-state index is 14.1. The number of alkyl halides is 5. The number of hydrogen-bond acceptors (Lipinski definition) is 4. The van der Waals surface area contributed by atoms with E-state index < -0.39 is 51.3 Å². The normalized spacial score (nSPS) is 26.3. The maximum atomic E-state index is 14.1. The molecule has 0 radical (unpaired) electrons. The zero-order chi connectivity index (χ0) is 32.1. The van der Waals surface area contributed by atoms with E-state index in [1.165, 1.54) is 42.5 Å². The number of carbonyl (C=O) groups is 2. The van der Waals surface area contributed by atoms with Crippen LogP contribution < -0.4 is 10.1 Å². The van der Waals surface area contributed by atoms with Crippen LogP contribution in [0.15, 0.2) is 54.6 Å². The summed E-state index contributed by atoms with van der Waals surface area (Å²) in [4.78, 5) is 26.1. The standard InChI is InChI=1S/C33H31Cl2F4NO5/c34-26(35)16-45-32-13-19-9-20(14-32)12-31(11-19,17-32)28(30(42)43)40-29(41)25-7-3-21-10-23(36)6-8-24(21)27(25)44-15-18-1-4-22(5-2-18)33(37,38)39/h1-8,10,19-20,26,28H,9,11-17H2,(H,40,41)(H,42,43)/t19-,20+,28?,31?,32?. The number of carboxylic acids is 1. The zero-order valence-electron chi connectivity index (χ0n) is 24.0. The molecule has 7 rings (SSSR count). The van der Waals surface area contributed by atoms with Crippen LogP contribution in [0, 0.1) is 23.1 Å². The molecule has 6 nitrogen and oxygen atoms in total. The number of hydrogen-bond donors (Lipinski definition) is 2. The fourth-order valence-corrected chi connectivity index (χ4v) is 8.36. The molecule has 4 bridgehead atoms. The molecule has 45 heavy (non-hydrogen) atoms. The van der Waals surface area contributed by atoms with Gasteiger partial charge in [-0.15, -0.1) is 23.2 Å². The quantitative estimate of drug-likeness (QED) is 0.170. The van der Waals surface area contributed by atoms with Crippen molar-refractivity contribution < 1.29 is 41.7 Å². The Morgan fingerprint density at radius 1 is 1.00 bits per heavy atom. The van der Waals surface area contributed by atoms with E-state index in [1.807, 2.05) is 0 Å². The van der Waals surface area contributed by atoms with Crippen molar-refractivity contribution in [2.24, 2.45) is 17.3 Å². The van der Waals surface area contributed by atoms with Crippen LogP contribution in [0.3, 0.4) is 0 Å². The highest BCUT2D eigenvalue weighted by Gasteiger charge is 2.62. The van der Waals surface area contributed by atoms with Gasteiger partial charge >= 0.3 is 12.1 Å². The van der Waals surface area contributed by atoms with Gasteiger partial charge in [-0.3, -0.25) is 4.79 Å². The van der Waals surface area contributed by atoms with Crippen LogP contribution in [-0.2, 0) is 22.3 Å². The van der Waals surface area contributed by atoms with Crippen molar-refractivity contribution in [3.8, 4) is 5.75 Å². The lowest BCUT2D eigenvalue weighted by Crippen LogP contribution is -2.65. The Kier molecular flexibility index (Phi) is 8.46. The molecule has 5 atom stereocenters. The minimum Gasteiger partial charge on any atom is -0.487 e. The van der Waals surface area contributed by atoms with Crippen LogP contribution in [0.1, 0.15) is 60.0 Å². The first-order valence-electron chi connectivity index (χ1n) is 14.7. The van der Waals surface area contributed by atoms with Crippen molar-refractivity contribution in [1.82, 2.24) is 5.32 Å². The average molecular weight is 669 g/mol. The molecule has 0 spiro atoms. The largest absolute Gasteiger partial charge is 0.487 e. The molecule has 12 heteroatoms. The summed E-state index contributed by atoms with van der Waals surface area (Å²) in [6.45, 7) is -0.0629. The number of benzene rings is 3. The number of rotatable bonds is 10. The van der Waals surface area contributed by atoms with Gasteiger partial charge in [-0.1, -0.05) is 18.2 Å². The van der Waals surface area contributed by atoms with E-state index in [9.17, 15) is 32.3 Å². The molecule has 4 saturated carbocycles. The number of ether oxygens (including phenoxy) is 2. The lowest BCUT2D eigenvalue weighted by Gasteiger charge is -2.63. The summed E-state index contributed by atoms with van der Waals surface area (Å²) in [5, 5.41) is 14.1. The predicted octanol–water partition coefficient (Wildman–Crippen LogP) is 7.92. The van der Waals surface area contributed by atoms with Gasteiger partial charge in [-0.25, -0.2) is 9.18 Å². The first kappa shape index (κ1) is 31.9. The van der Waals surface area contributed by atoms with Crippen molar-refractivity contribution in [1.29, 1.82) is 0 Å². The molecule has 0 heterocycles. The van der Waals surface area contributed by atoms with Crippen LogP contribution in [0.5, 0.6) is 5.75 Å². The molecule has 4 aliphatic rings. The number of aliphatic carboxylic acids is 1. The molecule has 3 aromatic carbocycles. The van der Waals surface area contributed by atoms with E-state index in [2.05, 4.69) is 5.32 Å². The minimum atomic E-state index is -4.50. The summed E-state index contributed by atoms with van der Waals surface area (Å²) >= 11 is 11.9. The molecule has 0 aliphatic heterocycles. The monoisotopic (exact) mass is 667 g/mol. The van der Waals surface area contributed by atoms with Crippen molar-refractivity contribution in [3.05, 3.63) is 77.1 Å². The van der Waals surface area contributed by atoms with Gasteiger partial charge < -0.3 is 19.9 Å². The molecule has 240 valence electrons. The summed E-state index contributed by atoms with van der Waals surface area (Å²) in [5.74, 6) is -1.81. The van der Waals surface area contributed by atoms with Crippen LogP contribution in [0.2, 0.25) is 0 Å². The second-order valence-electron chi connectivity index (χ2n) is 12.7. The molecule has 3 aromatic rings. The number of carbonyl (C=O) groups excluding carboxylic acids is 1. The summed E-state index contributed by atoms with van der Waals surface area (Å²) in [6, 6.07) is 10.1. The van der Waals surface area contributed by atoms with Gasteiger partial charge in [0.2, 0.25) is 0 Å². The fraction of sp³-hybridized carbons (Fsp3) is 0.455. The molecule has 2 N–H and O–H groups in total. The second kappa shape index (κ2) is 11.9. The van der Waals surface area contributed by atoms with Gasteiger partial charge in [-0.05, 0) is 97.7 Å². The first-order valence-corrected chi connectivity index (χ1v) is 15.6. The average Bonchev–Trinajstić information content (AvgIpc) is 2.96. The summed E-state index contributed by atoms with van der Waals surface area (Å²) in [6.07, 6.45) is -0.244. The van der Waals surface area contributed by atoms with E-state index in [0.717, 1.165) is 31.4 Å². The lowest BCUT2D eigenvalue weighted by atomic mass is 9.46. The molecule has 1 amide bonds. The van der Waals surface area contributed by atoms with Crippen LogP contribution >= 0.6 is 23.2 Å². The molecule has 4 fully saturated rings. The molecule has 0 aromatic heterocycles. The zero-order valence-corrected chi connectivity index (χ0v) is 25.5. The van der Waals surface area contributed by atoms with Gasteiger partial charge in [0.05, 0.1) is 23.3 Å². The minimum absolute atomic E-state index is 0.0232. The van der Waals surface area contributed by atoms with E-state index >= 15 is 0 Å². The number of halogens is 6. The lowest BCUT2D eigenvalue weighted by molar-refractivity contribution is -0.201. The van der Waals surface area contributed by atoms with Crippen molar-refractivity contribution >= 4 is 45.9 Å². The van der Waals surface area contributed by atoms with Gasteiger partial charge in [-0.2, -0.15) is 13.2 Å². The Hall–Kier alpha value is -3.08. The van der Waals surface area contributed by atoms with Crippen LogP contribution in [0.25, 0.3) is 10.8 Å². The Bertz CT molecular complexity index is 1600. The molecule has 0 saturated heterocycles. The third-order valence-electron chi connectivity index (χ3n) is 9.54. The second-order valence-corrected chi connectivity index (χ2v) is 14.0. The van der Waals surface area contributed by atoms with Gasteiger partial charge in [0.25, 0.3) is 5.91 Å².